The highest BCUT2D eigenvalue weighted by atomic mass is 16.5. The van der Waals surface area contributed by atoms with Gasteiger partial charge in [0.25, 0.3) is 0 Å². The van der Waals surface area contributed by atoms with Crippen molar-refractivity contribution in [3.8, 4) is 0 Å². The molecule has 2 N–H and O–H groups in total. The van der Waals surface area contributed by atoms with Gasteiger partial charge in [-0.25, -0.2) is 4.79 Å². The van der Waals surface area contributed by atoms with Crippen molar-refractivity contribution >= 4 is 16.9 Å². The molecule has 4 nitrogen and oxygen atoms in total. The Morgan fingerprint density at radius 1 is 1.44 bits per heavy atom. The molecule has 1 heterocycles. The second kappa shape index (κ2) is 4.37. The zero-order valence-electron chi connectivity index (χ0n) is 9.03. The summed E-state index contributed by atoms with van der Waals surface area (Å²) in [5.74, 6) is -0.209. The van der Waals surface area contributed by atoms with Crippen molar-refractivity contribution in [1.29, 1.82) is 0 Å². The summed E-state index contributed by atoms with van der Waals surface area (Å²) in [6.45, 7) is 2.56. The summed E-state index contributed by atoms with van der Waals surface area (Å²) >= 11 is 0. The van der Waals surface area contributed by atoms with Crippen LogP contribution in [0.3, 0.4) is 0 Å². The van der Waals surface area contributed by atoms with E-state index in [0.29, 0.717) is 18.7 Å². The predicted octanol–water partition coefficient (Wildman–Crippen LogP) is 2.07. The Bertz CT molecular complexity index is 516. The molecule has 0 aliphatic carbocycles. The summed E-state index contributed by atoms with van der Waals surface area (Å²) < 4.78 is 10.2. The average molecular weight is 219 g/mol. The van der Waals surface area contributed by atoms with E-state index in [4.69, 9.17) is 14.9 Å². The van der Waals surface area contributed by atoms with Crippen molar-refractivity contribution in [2.24, 2.45) is 5.73 Å². The molecule has 1 aromatic carbocycles. The molecule has 84 valence electrons. The Hall–Kier alpha value is -1.81. The summed E-state index contributed by atoms with van der Waals surface area (Å²) in [6.07, 6.45) is 0. The van der Waals surface area contributed by atoms with E-state index in [1.54, 1.807) is 19.1 Å². The number of hydrogen-bond acceptors (Lipinski definition) is 4. The van der Waals surface area contributed by atoms with Gasteiger partial charge in [0.2, 0.25) is 5.76 Å². The molecular formula is C12H13NO3. The normalized spacial score (nSPS) is 10.6. The lowest BCUT2D eigenvalue weighted by molar-refractivity contribution is 0.0492. The highest BCUT2D eigenvalue weighted by Crippen LogP contribution is 2.21. The van der Waals surface area contributed by atoms with E-state index < -0.39 is 5.97 Å². The zero-order chi connectivity index (χ0) is 11.5. The average Bonchev–Trinajstić information content (AvgIpc) is 2.71. The zero-order valence-corrected chi connectivity index (χ0v) is 9.03. The fourth-order valence-electron chi connectivity index (χ4n) is 1.52. The van der Waals surface area contributed by atoms with Crippen molar-refractivity contribution in [2.45, 2.75) is 13.5 Å². The second-order valence-electron chi connectivity index (χ2n) is 3.41. The van der Waals surface area contributed by atoms with Gasteiger partial charge in [0.15, 0.2) is 0 Å². The molecule has 0 spiro atoms. The number of fused-ring (bicyclic) bond motifs is 1. The van der Waals surface area contributed by atoms with E-state index in [-0.39, 0.29) is 5.76 Å². The topological polar surface area (TPSA) is 65.5 Å². The molecule has 2 aromatic rings. The first kappa shape index (κ1) is 10.7. The van der Waals surface area contributed by atoms with Gasteiger partial charge in [-0.2, -0.15) is 0 Å². The number of carbonyl (C=O) groups is 1. The maximum Gasteiger partial charge on any atom is 0.374 e. The van der Waals surface area contributed by atoms with Gasteiger partial charge in [-0.05, 0) is 30.7 Å². The Labute approximate surface area is 93.0 Å². The molecule has 0 saturated carbocycles. The largest absolute Gasteiger partial charge is 0.460 e. The molecular weight excluding hydrogens is 206 g/mol. The van der Waals surface area contributed by atoms with Gasteiger partial charge in [-0.15, -0.1) is 0 Å². The summed E-state index contributed by atoms with van der Waals surface area (Å²) in [4.78, 5) is 11.4. The number of nitrogens with two attached hydrogens (primary N) is 1. The number of carbonyl (C=O) groups excluding carboxylic acids is 1. The maximum absolute atomic E-state index is 11.4. The molecule has 0 fully saturated rings. The summed E-state index contributed by atoms with van der Waals surface area (Å²) in [6, 6.07) is 7.26. The molecule has 2 rings (SSSR count). The van der Waals surface area contributed by atoms with Crippen LogP contribution in [0, 0.1) is 0 Å². The standard InChI is InChI=1S/C12H13NO3/c1-2-15-12(14)11-6-9-5-8(7-13)3-4-10(9)16-11/h3-6H,2,7,13H2,1H3. The van der Waals surface area contributed by atoms with Gasteiger partial charge >= 0.3 is 5.97 Å². The van der Waals surface area contributed by atoms with E-state index >= 15 is 0 Å². The number of benzene rings is 1. The van der Waals surface area contributed by atoms with Crippen LogP contribution in [0.4, 0.5) is 0 Å². The van der Waals surface area contributed by atoms with Crippen molar-refractivity contribution in [3.05, 3.63) is 35.6 Å². The molecule has 0 aliphatic rings. The Morgan fingerprint density at radius 2 is 2.25 bits per heavy atom. The number of esters is 1. The van der Waals surface area contributed by atoms with E-state index in [9.17, 15) is 4.79 Å². The minimum absolute atomic E-state index is 0.228. The highest BCUT2D eigenvalue weighted by Gasteiger charge is 2.12. The predicted molar refractivity (Wildman–Crippen MR) is 60.1 cm³/mol. The van der Waals surface area contributed by atoms with E-state index in [0.717, 1.165) is 10.9 Å². The molecule has 0 amide bonds. The summed E-state index contributed by atoms with van der Waals surface area (Å²) in [7, 11) is 0. The van der Waals surface area contributed by atoms with Gasteiger partial charge in [-0.3, -0.25) is 0 Å². The fourth-order valence-corrected chi connectivity index (χ4v) is 1.52. The molecule has 0 unspecified atom stereocenters. The smallest absolute Gasteiger partial charge is 0.374 e. The van der Waals surface area contributed by atoms with Gasteiger partial charge in [0.05, 0.1) is 6.61 Å². The van der Waals surface area contributed by atoms with Crippen molar-refractivity contribution < 1.29 is 13.9 Å². The number of ether oxygens (including phenoxy) is 1. The molecule has 0 bridgehead atoms. The van der Waals surface area contributed by atoms with E-state index in [2.05, 4.69) is 0 Å². The second-order valence-corrected chi connectivity index (χ2v) is 3.41. The van der Waals surface area contributed by atoms with Gasteiger partial charge in [0.1, 0.15) is 5.58 Å². The molecule has 1 aromatic heterocycles. The molecule has 0 atom stereocenters. The number of rotatable bonds is 3. The van der Waals surface area contributed by atoms with Crippen LogP contribution in [-0.2, 0) is 11.3 Å². The quantitative estimate of drug-likeness (QED) is 0.802. The van der Waals surface area contributed by atoms with Crippen LogP contribution < -0.4 is 5.73 Å². The first-order valence-corrected chi connectivity index (χ1v) is 5.14. The monoisotopic (exact) mass is 219 g/mol. The molecule has 0 radical (unpaired) electrons. The highest BCUT2D eigenvalue weighted by molar-refractivity contribution is 5.92. The van der Waals surface area contributed by atoms with Gasteiger partial charge in [-0.1, -0.05) is 6.07 Å². The van der Waals surface area contributed by atoms with Crippen LogP contribution in [-0.4, -0.2) is 12.6 Å². The number of hydrogen-bond donors (Lipinski definition) is 1. The van der Waals surface area contributed by atoms with Crippen LogP contribution in [0.25, 0.3) is 11.0 Å². The van der Waals surface area contributed by atoms with Crippen LogP contribution in [0.5, 0.6) is 0 Å². The van der Waals surface area contributed by atoms with Crippen LogP contribution in [0.15, 0.2) is 28.7 Å². The third-order valence-electron chi connectivity index (χ3n) is 2.29. The Morgan fingerprint density at radius 3 is 2.94 bits per heavy atom. The van der Waals surface area contributed by atoms with E-state index in [1.807, 2.05) is 12.1 Å². The first-order valence-electron chi connectivity index (χ1n) is 5.14. The van der Waals surface area contributed by atoms with Crippen LogP contribution in [0.2, 0.25) is 0 Å². The summed E-state index contributed by atoms with van der Waals surface area (Å²) in [5.41, 5.74) is 7.20. The van der Waals surface area contributed by atoms with Crippen LogP contribution in [0.1, 0.15) is 23.0 Å². The van der Waals surface area contributed by atoms with E-state index in [1.165, 1.54) is 0 Å². The maximum atomic E-state index is 11.4. The Balaban J connectivity index is 2.39. The SMILES string of the molecule is CCOC(=O)c1cc2cc(CN)ccc2o1. The van der Waals surface area contributed by atoms with Crippen LogP contribution >= 0.6 is 0 Å². The van der Waals surface area contributed by atoms with Crippen molar-refractivity contribution in [2.75, 3.05) is 6.61 Å². The third-order valence-corrected chi connectivity index (χ3v) is 2.29. The molecule has 0 saturated heterocycles. The molecule has 4 heteroatoms. The van der Waals surface area contributed by atoms with Crippen molar-refractivity contribution in [3.63, 3.8) is 0 Å². The summed E-state index contributed by atoms with van der Waals surface area (Å²) in [5, 5.41) is 0.867. The lowest BCUT2D eigenvalue weighted by atomic mass is 10.1. The first-order chi connectivity index (χ1) is 7.74. The van der Waals surface area contributed by atoms with Gasteiger partial charge < -0.3 is 14.9 Å². The Kier molecular flexibility index (Phi) is 2.92. The minimum Gasteiger partial charge on any atom is -0.460 e. The van der Waals surface area contributed by atoms with Gasteiger partial charge in [0, 0.05) is 11.9 Å². The lowest BCUT2D eigenvalue weighted by Crippen LogP contribution is -2.02. The lowest BCUT2D eigenvalue weighted by Gasteiger charge is -1.95. The molecule has 16 heavy (non-hydrogen) atoms. The minimum atomic E-state index is -0.437. The van der Waals surface area contributed by atoms with Crippen molar-refractivity contribution in [1.82, 2.24) is 0 Å². The fraction of sp³-hybridized carbons (Fsp3) is 0.250. The third kappa shape index (κ3) is 1.92. The number of furan rings is 1. The molecule has 0 aliphatic heterocycles.